The molecule has 0 saturated heterocycles. The first-order valence-corrected chi connectivity index (χ1v) is 12.6. The Morgan fingerprint density at radius 1 is 1.22 bits per heavy atom. The number of hydrogen-bond acceptors (Lipinski definition) is 6. The van der Waals surface area contributed by atoms with Crippen LogP contribution in [0.1, 0.15) is 24.0 Å². The van der Waals surface area contributed by atoms with Crippen molar-refractivity contribution in [2.45, 2.75) is 19.4 Å². The molecule has 4 heterocycles. The highest BCUT2D eigenvalue weighted by molar-refractivity contribution is 6.31. The number of aromatic nitrogens is 6. The molecule has 4 aromatic heterocycles. The molecule has 1 N–H and O–H groups in total. The molecule has 1 aromatic carbocycles. The number of aryl methyl sites for hydroxylation is 1. The molecule has 5 aromatic rings. The van der Waals surface area contributed by atoms with Crippen LogP contribution in [0.4, 0.5) is 5.95 Å². The van der Waals surface area contributed by atoms with Crippen LogP contribution >= 0.6 is 11.6 Å². The van der Waals surface area contributed by atoms with Crippen molar-refractivity contribution in [3.63, 3.8) is 0 Å². The van der Waals surface area contributed by atoms with Gasteiger partial charge in [0.2, 0.25) is 5.95 Å². The van der Waals surface area contributed by atoms with Gasteiger partial charge in [0.25, 0.3) is 0 Å². The number of halogens is 1. The molecular weight excluding hydrogens is 486 g/mol. The molecule has 0 amide bonds. The van der Waals surface area contributed by atoms with E-state index in [0.29, 0.717) is 28.7 Å². The molecule has 37 heavy (non-hydrogen) atoms. The molecule has 0 radical (unpaired) electrons. The van der Waals surface area contributed by atoms with Crippen LogP contribution in [0.2, 0.25) is 5.02 Å². The molecule has 9 nitrogen and oxygen atoms in total. The number of anilines is 1. The fraction of sp³-hybridized carbons (Fsp3) is 0.296. The van der Waals surface area contributed by atoms with Crippen molar-refractivity contribution in [3.05, 3.63) is 64.4 Å². The third kappa shape index (κ3) is 4.13. The molecule has 0 spiro atoms. The van der Waals surface area contributed by atoms with Crippen molar-refractivity contribution in [1.29, 1.82) is 5.26 Å². The van der Waals surface area contributed by atoms with E-state index < -0.39 is 0 Å². The highest BCUT2D eigenvalue weighted by Crippen LogP contribution is 2.31. The van der Waals surface area contributed by atoms with Gasteiger partial charge < -0.3 is 9.88 Å². The number of hydrogen-bond donors (Lipinski definition) is 1. The molecule has 6 rings (SSSR count). The van der Waals surface area contributed by atoms with Crippen molar-refractivity contribution in [3.8, 4) is 17.5 Å². The molecule has 0 atom stereocenters. The fourth-order valence-electron chi connectivity index (χ4n) is 4.86. The third-order valence-corrected chi connectivity index (χ3v) is 7.19. The predicted octanol–water partition coefficient (Wildman–Crippen LogP) is 4.25. The first-order chi connectivity index (χ1) is 18.0. The number of benzene rings is 1. The van der Waals surface area contributed by atoms with Crippen LogP contribution in [0, 0.1) is 17.2 Å². The predicted molar refractivity (Wildman–Crippen MR) is 144 cm³/mol. The van der Waals surface area contributed by atoms with Crippen molar-refractivity contribution in [2.75, 3.05) is 18.9 Å². The second kappa shape index (κ2) is 9.05. The number of nitrogens with one attached hydrogen (secondary N) is 1. The molecule has 1 saturated carbocycles. The van der Waals surface area contributed by atoms with Gasteiger partial charge >= 0.3 is 0 Å². The summed E-state index contributed by atoms with van der Waals surface area (Å²) in [4.78, 5) is 14.1. The van der Waals surface area contributed by atoms with E-state index in [-0.39, 0.29) is 0 Å². The lowest BCUT2D eigenvalue weighted by atomic mass is 10.1. The van der Waals surface area contributed by atoms with Gasteiger partial charge in [0.05, 0.1) is 34.4 Å². The number of nitrogens with zero attached hydrogens (tertiary/aromatic N) is 8. The maximum atomic E-state index is 9.58. The van der Waals surface area contributed by atoms with E-state index in [1.165, 1.54) is 12.8 Å². The lowest BCUT2D eigenvalue weighted by molar-refractivity contribution is 0.698. The minimum Gasteiger partial charge on any atom is -0.355 e. The molecular formula is C27H26ClN9. The van der Waals surface area contributed by atoms with Crippen LogP contribution in [0.3, 0.4) is 0 Å². The summed E-state index contributed by atoms with van der Waals surface area (Å²) in [5, 5.41) is 20.5. The molecule has 1 aliphatic carbocycles. The van der Waals surface area contributed by atoms with Crippen molar-refractivity contribution >= 4 is 39.5 Å². The van der Waals surface area contributed by atoms with Gasteiger partial charge in [-0.15, -0.1) is 0 Å². The quantitative estimate of drug-likeness (QED) is 0.367. The molecule has 10 heteroatoms. The Morgan fingerprint density at radius 2 is 2.05 bits per heavy atom. The summed E-state index contributed by atoms with van der Waals surface area (Å²) in [6.07, 6.45) is 6.13. The van der Waals surface area contributed by atoms with Gasteiger partial charge in [0.1, 0.15) is 11.6 Å². The second-order valence-corrected chi connectivity index (χ2v) is 9.98. The lowest BCUT2D eigenvalue weighted by Crippen LogP contribution is -2.24. The van der Waals surface area contributed by atoms with Crippen LogP contribution in [0.15, 0.2) is 47.7 Å². The highest BCUT2D eigenvalue weighted by atomic mass is 35.5. The SMILES string of the molecule is CN=c1c2c(-c3cc(C#N)cn3C)n(Cc3ccnc4ccc(Cl)cc34)nc2nc(NCC2CC2)n1C. The zero-order valence-corrected chi connectivity index (χ0v) is 21.7. The number of nitriles is 1. The summed E-state index contributed by atoms with van der Waals surface area (Å²) < 4.78 is 5.88. The van der Waals surface area contributed by atoms with Crippen molar-refractivity contribution in [1.82, 2.24) is 28.9 Å². The van der Waals surface area contributed by atoms with Gasteiger partial charge in [0, 0.05) is 50.5 Å². The van der Waals surface area contributed by atoms with Crippen LogP contribution in [-0.4, -0.2) is 42.5 Å². The van der Waals surface area contributed by atoms with Gasteiger partial charge in [-0.3, -0.25) is 19.2 Å². The van der Waals surface area contributed by atoms with E-state index in [0.717, 1.165) is 51.2 Å². The van der Waals surface area contributed by atoms with Gasteiger partial charge in [-0.2, -0.15) is 15.3 Å². The fourth-order valence-corrected chi connectivity index (χ4v) is 5.04. The van der Waals surface area contributed by atoms with E-state index >= 15 is 0 Å². The Labute approximate surface area is 218 Å². The zero-order chi connectivity index (χ0) is 25.7. The van der Waals surface area contributed by atoms with Crippen LogP contribution in [0.5, 0.6) is 0 Å². The minimum atomic E-state index is 0.468. The Balaban J connectivity index is 1.60. The Kier molecular flexibility index (Phi) is 5.69. The summed E-state index contributed by atoms with van der Waals surface area (Å²) in [6.45, 7) is 1.35. The third-order valence-electron chi connectivity index (χ3n) is 6.95. The minimum absolute atomic E-state index is 0.468. The Morgan fingerprint density at radius 3 is 2.78 bits per heavy atom. The number of rotatable bonds is 6. The average Bonchev–Trinajstić information content (AvgIpc) is 3.56. The van der Waals surface area contributed by atoms with E-state index in [4.69, 9.17) is 21.7 Å². The maximum Gasteiger partial charge on any atom is 0.206 e. The second-order valence-electron chi connectivity index (χ2n) is 9.54. The molecule has 0 aliphatic heterocycles. The summed E-state index contributed by atoms with van der Waals surface area (Å²) in [5.74, 6) is 1.44. The first kappa shape index (κ1) is 23.3. The Hall–Kier alpha value is -4.16. The van der Waals surface area contributed by atoms with Crippen molar-refractivity contribution in [2.24, 2.45) is 25.0 Å². The molecule has 1 fully saturated rings. The summed E-state index contributed by atoms with van der Waals surface area (Å²) in [5.41, 5.74) is 5.56. The van der Waals surface area contributed by atoms with Crippen LogP contribution < -0.4 is 10.8 Å². The monoisotopic (exact) mass is 511 g/mol. The molecule has 1 aliphatic rings. The molecule has 0 unspecified atom stereocenters. The Bertz CT molecular complexity index is 1780. The lowest BCUT2D eigenvalue weighted by Gasteiger charge is -2.13. The highest BCUT2D eigenvalue weighted by Gasteiger charge is 2.24. The van der Waals surface area contributed by atoms with Crippen molar-refractivity contribution < 1.29 is 0 Å². The van der Waals surface area contributed by atoms with Gasteiger partial charge in [-0.25, -0.2) is 0 Å². The largest absolute Gasteiger partial charge is 0.355 e. The van der Waals surface area contributed by atoms with Gasteiger partial charge in [-0.05, 0) is 54.7 Å². The summed E-state index contributed by atoms with van der Waals surface area (Å²) in [6, 6.07) is 11.8. The average molecular weight is 512 g/mol. The van der Waals surface area contributed by atoms with Gasteiger partial charge in [0.15, 0.2) is 5.65 Å². The standard InChI is InChI=1S/C27H26ClN9/c1-30-26-23-24(22-10-17(12-29)14-35(22)2)37(15-18-8-9-31-21-7-6-19(28)11-20(18)21)34-25(23)33-27(36(26)3)32-13-16-4-5-16/h6-11,14,16H,4-5,13,15H2,1-3H3,(H,32,33,34). The van der Waals surface area contributed by atoms with E-state index in [1.54, 1.807) is 13.2 Å². The molecule has 0 bridgehead atoms. The normalized spacial score (nSPS) is 14.0. The van der Waals surface area contributed by atoms with E-state index in [1.807, 2.05) is 64.4 Å². The first-order valence-electron chi connectivity index (χ1n) is 12.2. The topological polar surface area (TPSA) is 102 Å². The van der Waals surface area contributed by atoms with Crippen LogP contribution in [0.25, 0.3) is 33.3 Å². The molecule has 186 valence electrons. The summed E-state index contributed by atoms with van der Waals surface area (Å²) in [7, 11) is 5.68. The summed E-state index contributed by atoms with van der Waals surface area (Å²) >= 11 is 6.34. The number of fused-ring (bicyclic) bond motifs is 2. The maximum absolute atomic E-state index is 9.58. The van der Waals surface area contributed by atoms with Gasteiger partial charge in [-0.1, -0.05) is 11.6 Å². The van der Waals surface area contributed by atoms with E-state index in [2.05, 4.69) is 21.4 Å². The number of pyridine rings is 1. The van der Waals surface area contributed by atoms with E-state index in [9.17, 15) is 5.26 Å². The van der Waals surface area contributed by atoms with Crippen LogP contribution in [-0.2, 0) is 20.6 Å². The zero-order valence-electron chi connectivity index (χ0n) is 20.9. The smallest absolute Gasteiger partial charge is 0.206 e.